The maximum atomic E-state index is 11.6. The summed E-state index contributed by atoms with van der Waals surface area (Å²) in [6.07, 6.45) is 3.34. The third-order valence-electron chi connectivity index (χ3n) is 6.08. The Kier molecular flexibility index (Phi) is 6.86. The average Bonchev–Trinajstić information content (AvgIpc) is 3.13. The number of benzene rings is 2. The number of rotatable bonds is 6. The molecule has 0 spiro atoms. The number of aromatic nitrogens is 1. The number of aliphatic hydroxyl groups is 1. The van der Waals surface area contributed by atoms with E-state index >= 15 is 0 Å². The van der Waals surface area contributed by atoms with Gasteiger partial charge in [0.2, 0.25) is 5.56 Å². The Balaban J connectivity index is 0.00000256. The lowest BCUT2D eigenvalue weighted by molar-refractivity contribution is 0.171. The number of hydrogen-bond donors (Lipinski definition) is 4. The molecule has 1 aliphatic rings. The van der Waals surface area contributed by atoms with Gasteiger partial charge in [0.25, 0.3) is 0 Å². The van der Waals surface area contributed by atoms with Gasteiger partial charge in [-0.15, -0.1) is 12.4 Å². The quantitative estimate of drug-likeness (QED) is 0.483. The number of aromatic hydroxyl groups is 1. The number of aryl methyl sites for hydroxylation is 2. The van der Waals surface area contributed by atoms with E-state index < -0.39 is 6.10 Å². The van der Waals surface area contributed by atoms with E-state index in [2.05, 4.69) is 36.3 Å². The Morgan fingerprint density at radius 2 is 1.70 bits per heavy atom. The summed E-state index contributed by atoms with van der Waals surface area (Å²) in [5.74, 6) is 0.00584. The van der Waals surface area contributed by atoms with Crippen molar-refractivity contribution in [3.05, 3.63) is 74.6 Å². The molecule has 4 N–H and O–H groups in total. The predicted octanol–water partition coefficient (Wildman–Crippen LogP) is 3.57. The number of pyridine rings is 1. The normalized spacial score (nSPS) is 14.5. The van der Waals surface area contributed by atoms with Crippen LogP contribution < -0.4 is 10.9 Å². The molecule has 0 amide bonds. The molecule has 0 bridgehead atoms. The molecule has 0 saturated carbocycles. The van der Waals surface area contributed by atoms with Crippen LogP contribution in [0.2, 0.25) is 0 Å². The SMILES string of the molecule is CCc1cc2c(cc1CC)CC(NCC(O)c1ccc(O)c3[nH]c(=O)ccc13)C2.Cl. The molecule has 160 valence electrons. The van der Waals surface area contributed by atoms with E-state index in [-0.39, 0.29) is 23.7 Å². The predicted molar refractivity (Wildman–Crippen MR) is 123 cm³/mol. The van der Waals surface area contributed by atoms with E-state index in [4.69, 9.17) is 0 Å². The lowest BCUT2D eigenvalue weighted by Gasteiger charge is -2.18. The fourth-order valence-electron chi connectivity index (χ4n) is 4.51. The highest BCUT2D eigenvalue weighted by molar-refractivity contribution is 5.87. The van der Waals surface area contributed by atoms with Crippen molar-refractivity contribution in [2.24, 2.45) is 0 Å². The largest absolute Gasteiger partial charge is 0.506 e. The van der Waals surface area contributed by atoms with Crippen LogP contribution in [0.25, 0.3) is 10.9 Å². The topological polar surface area (TPSA) is 85.3 Å². The summed E-state index contributed by atoms with van der Waals surface area (Å²) in [5, 5.41) is 25.0. The Labute approximate surface area is 182 Å². The van der Waals surface area contributed by atoms with Gasteiger partial charge in [-0.1, -0.05) is 32.0 Å². The van der Waals surface area contributed by atoms with Gasteiger partial charge < -0.3 is 20.5 Å². The van der Waals surface area contributed by atoms with Crippen molar-refractivity contribution in [2.75, 3.05) is 6.54 Å². The fourth-order valence-corrected chi connectivity index (χ4v) is 4.51. The smallest absolute Gasteiger partial charge is 0.248 e. The minimum atomic E-state index is -0.731. The minimum absolute atomic E-state index is 0. The van der Waals surface area contributed by atoms with Crippen LogP contribution in [0.15, 0.2) is 41.2 Å². The number of H-pyrrole nitrogens is 1. The molecule has 0 aliphatic heterocycles. The van der Waals surface area contributed by atoms with E-state index in [1.54, 1.807) is 12.1 Å². The molecule has 1 heterocycles. The molecule has 0 saturated heterocycles. The molecule has 1 unspecified atom stereocenters. The second kappa shape index (κ2) is 9.21. The van der Waals surface area contributed by atoms with Crippen molar-refractivity contribution in [2.45, 2.75) is 51.7 Å². The molecule has 0 fully saturated rings. The van der Waals surface area contributed by atoms with Crippen molar-refractivity contribution in [1.29, 1.82) is 0 Å². The summed E-state index contributed by atoms with van der Waals surface area (Å²) in [7, 11) is 0. The van der Waals surface area contributed by atoms with Crippen LogP contribution in [-0.2, 0) is 25.7 Å². The maximum Gasteiger partial charge on any atom is 0.248 e. The van der Waals surface area contributed by atoms with Gasteiger partial charge in [0.1, 0.15) is 5.75 Å². The van der Waals surface area contributed by atoms with E-state index in [0.29, 0.717) is 29.1 Å². The zero-order valence-corrected chi connectivity index (χ0v) is 18.2. The summed E-state index contributed by atoms with van der Waals surface area (Å²) >= 11 is 0. The summed E-state index contributed by atoms with van der Waals surface area (Å²) < 4.78 is 0. The van der Waals surface area contributed by atoms with Crippen molar-refractivity contribution in [1.82, 2.24) is 10.3 Å². The molecule has 6 heteroatoms. The first kappa shape index (κ1) is 22.3. The number of hydrogen-bond acceptors (Lipinski definition) is 4. The van der Waals surface area contributed by atoms with Crippen molar-refractivity contribution >= 4 is 23.3 Å². The van der Waals surface area contributed by atoms with Gasteiger partial charge >= 0.3 is 0 Å². The third kappa shape index (κ3) is 4.24. The molecule has 4 rings (SSSR count). The molecule has 2 aromatic carbocycles. The molecule has 3 aromatic rings. The summed E-state index contributed by atoms with van der Waals surface area (Å²) in [6, 6.07) is 11.3. The van der Waals surface area contributed by atoms with Crippen LogP contribution in [0.5, 0.6) is 5.75 Å². The lowest BCUT2D eigenvalue weighted by Crippen LogP contribution is -2.33. The molecular formula is C24H29ClN2O3. The first-order chi connectivity index (χ1) is 14.0. The summed E-state index contributed by atoms with van der Waals surface area (Å²) in [6.45, 7) is 4.83. The van der Waals surface area contributed by atoms with Gasteiger partial charge in [-0.3, -0.25) is 4.79 Å². The van der Waals surface area contributed by atoms with Gasteiger partial charge in [0.05, 0.1) is 11.6 Å². The Hall–Kier alpha value is -2.34. The van der Waals surface area contributed by atoms with Crippen LogP contribution in [0.1, 0.15) is 47.8 Å². The van der Waals surface area contributed by atoms with E-state index in [9.17, 15) is 15.0 Å². The van der Waals surface area contributed by atoms with Crippen LogP contribution in [0.3, 0.4) is 0 Å². The number of halogens is 1. The number of aliphatic hydroxyl groups excluding tert-OH is 1. The number of nitrogens with one attached hydrogen (secondary N) is 2. The van der Waals surface area contributed by atoms with Crippen LogP contribution in [0.4, 0.5) is 0 Å². The Morgan fingerprint density at radius 1 is 1.07 bits per heavy atom. The zero-order valence-electron chi connectivity index (χ0n) is 17.4. The monoisotopic (exact) mass is 428 g/mol. The average molecular weight is 429 g/mol. The fraction of sp³-hybridized carbons (Fsp3) is 0.375. The summed E-state index contributed by atoms with van der Waals surface area (Å²) in [5.41, 5.74) is 6.49. The first-order valence-electron chi connectivity index (χ1n) is 10.4. The Morgan fingerprint density at radius 3 is 2.30 bits per heavy atom. The highest BCUT2D eigenvalue weighted by atomic mass is 35.5. The number of phenolic OH excluding ortho intramolecular Hbond substituents is 1. The van der Waals surface area contributed by atoms with Crippen molar-refractivity contribution < 1.29 is 10.2 Å². The van der Waals surface area contributed by atoms with Crippen LogP contribution >= 0.6 is 12.4 Å². The van der Waals surface area contributed by atoms with E-state index in [0.717, 1.165) is 25.7 Å². The van der Waals surface area contributed by atoms with Gasteiger partial charge in [-0.05, 0) is 65.6 Å². The zero-order chi connectivity index (χ0) is 20.5. The summed E-state index contributed by atoms with van der Waals surface area (Å²) in [4.78, 5) is 14.2. The Bertz CT molecular complexity index is 1080. The number of aromatic amines is 1. The van der Waals surface area contributed by atoms with Crippen molar-refractivity contribution in [3.63, 3.8) is 0 Å². The molecule has 0 radical (unpaired) electrons. The second-order valence-corrected chi connectivity index (χ2v) is 7.91. The standard InChI is InChI=1S/C24H28N2O3.ClH/c1-3-14-9-16-11-18(12-17(16)10-15(14)4-2)25-13-22(28)19-5-7-21(27)24-20(19)6-8-23(29)26-24;/h5-10,18,22,25,27-28H,3-4,11-13H2,1-2H3,(H,26,29);1H. The van der Waals surface area contributed by atoms with Gasteiger partial charge in [-0.2, -0.15) is 0 Å². The first-order valence-corrected chi connectivity index (χ1v) is 10.4. The van der Waals surface area contributed by atoms with Gasteiger partial charge in [0, 0.05) is 24.0 Å². The van der Waals surface area contributed by atoms with Gasteiger partial charge in [0.15, 0.2) is 0 Å². The van der Waals surface area contributed by atoms with Crippen LogP contribution in [-0.4, -0.2) is 27.8 Å². The molecule has 1 aliphatic carbocycles. The lowest BCUT2D eigenvalue weighted by atomic mass is 9.97. The maximum absolute atomic E-state index is 11.6. The van der Waals surface area contributed by atoms with Crippen LogP contribution in [0, 0.1) is 0 Å². The molecular weight excluding hydrogens is 400 g/mol. The molecule has 1 atom stereocenters. The molecule has 1 aromatic heterocycles. The number of fused-ring (bicyclic) bond motifs is 2. The highest BCUT2D eigenvalue weighted by Crippen LogP contribution is 2.30. The molecule has 5 nitrogen and oxygen atoms in total. The van der Waals surface area contributed by atoms with Gasteiger partial charge in [-0.25, -0.2) is 0 Å². The van der Waals surface area contributed by atoms with E-state index in [1.807, 2.05) is 0 Å². The van der Waals surface area contributed by atoms with E-state index in [1.165, 1.54) is 34.4 Å². The number of phenols is 1. The van der Waals surface area contributed by atoms with Crippen molar-refractivity contribution in [3.8, 4) is 5.75 Å². The third-order valence-corrected chi connectivity index (χ3v) is 6.08. The molecule has 30 heavy (non-hydrogen) atoms. The second-order valence-electron chi connectivity index (χ2n) is 7.91. The minimum Gasteiger partial charge on any atom is -0.506 e. The highest BCUT2D eigenvalue weighted by Gasteiger charge is 2.23.